The van der Waals surface area contributed by atoms with Gasteiger partial charge in [0.15, 0.2) is 0 Å². The van der Waals surface area contributed by atoms with Crippen LogP contribution in [0.2, 0.25) is 0 Å². The summed E-state index contributed by atoms with van der Waals surface area (Å²) in [4.78, 5) is 12.9. The van der Waals surface area contributed by atoms with Crippen LogP contribution in [0.5, 0.6) is 0 Å². The Balaban J connectivity index is 1.50. The molecule has 3 aromatic rings. The maximum absolute atomic E-state index is 10.6. The van der Waals surface area contributed by atoms with E-state index in [-0.39, 0.29) is 6.10 Å². The molecule has 0 aliphatic carbocycles. The zero-order valence-electron chi connectivity index (χ0n) is 14.9. The van der Waals surface area contributed by atoms with E-state index in [1.807, 2.05) is 48.0 Å². The molecule has 5 heteroatoms. The molecule has 1 saturated heterocycles. The van der Waals surface area contributed by atoms with E-state index in [0.29, 0.717) is 6.04 Å². The van der Waals surface area contributed by atoms with Gasteiger partial charge in [0, 0.05) is 17.5 Å². The number of aliphatic hydroxyl groups excluding tert-OH is 1. The van der Waals surface area contributed by atoms with Gasteiger partial charge in [0.2, 0.25) is 0 Å². The highest BCUT2D eigenvalue weighted by molar-refractivity contribution is 7.10. The Morgan fingerprint density at radius 1 is 1.12 bits per heavy atom. The van der Waals surface area contributed by atoms with Crippen molar-refractivity contribution in [2.45, 2.75) is 50.8 Å². The molecule has 1 fully saturated rings. The molecule has 2 aromatic heterocycles. The van der Waals surface area contributed by atoms with E-state index in [1.54, 1.807) is 11.3 Å². The normalized spacial score (nSPS) is 20.1. The van der Waals surface area contributed by atoms with E-state index in [1.165, 1.54) is 19.3 Å². The van der Waals surface area contributed by atoms with E-state index in [4.69, 9.17) is 4.98 Å². The number of likely N-dealkylation sites (tertiary alicyclic amines) is 1. The molecule has 136 valence electrons. The fourth-order valence-electron chi connectivity index (χ4n) is 3.85. The third-order valence-electron chi connectivity index (χ3n) is 5.23. The molecule has 0 radical (unpaired) electrons. The summed E-state index contributed by atoms with van der Waals surface area (Å²) in [6.07, 6.45) is 7.19. The minimum absolute atomic E-state index is 0.372. The summed E-state index contributed by atoms with van der Waals surface area (Å²) < 4.78 is 0. The number of hydrogen-bond donors (Lipinski definition) is 1. The smallest absolute Gasteiger partial charge is 0.0896 e. The molecular formula is C21H25N3OS. The number of thiophene rings is 1. The summed E-state index contributed by atoms with van der Waals surface area (Å²) in [5.41, 5.74) is 2.91. The lowest BCUT2D eigenvalue weighted by Gasteiger charge is -2.31. The first-order chi connectivity index (χ1) is 12.8. The van der Waals surface area contributed by atoms with Crippen LogP contribution in [0.4, 0.5) is 0 Å². The monoisotopic (exact) mass is 367 g/mol. The van der Waals surface area contributed by atoms with E-state index in [9.17, 15) is 5.11 Å². The van der Waals surface area contributed by atoms with Gasteiger partial charge >= 0.3 is 0 Å². The molecule has 4 nitrogen and oxygen atoms in total. The van der Waals surface area contributed by atoms with Gasteiger partial charge in [-0.2, -0.15) is 0 Å². The van der Waals surface area contributed by atoms with Gasteiger partial charge in [-0.15, -0.1) is 11.3 Å². The van der Waals surface area contributed by atoms with Gasteiger partial charge in [-0.3, -0.25) is 9.88 Å². The van der Waals surface area contributed by atoms with Crippen LogP contribution in [0.3, 0.4) is 0 Å². The van der Waals surface area contributed by atoms with Gasteiger partial charge in [0.1, 0.15) is 0 Å². The molecule has 2 atom stereocenters. The molecule has 0 bridgehead atoms. The van der Waals surface area contributed by atoms with Gasteiger partial charge in [0.25, 0.3) is 0 Å². The molecule has 2 unspecified atom stereocenters. The third-order valence-corrected chi connectivity index (χ3v) is 6.20. The van der Waals surface area contributed by atoms with E-state index >= 15 is 0 Å². The molecule has 1 aromatic carbocycles. The SMILES string of the molecule is OC(CC1CCCCCN1Cc1cnc2ccccc2n1)c1cccs1. The average molecular weight is 368 g/mol. The van der Waals surface area contributed by atoms with Crippen molar-refractivity contribution in [2.24, 2.45) is 0 Å². The number of para-hydroxylation sites is 2. The summed E-state index contributed by atoms with van der Waals surface area (Å²) in [5, 5.41) is 12.7. The Morgan fingerprint density at radius 3 is 2.85 bits per heavy atom. The van der Waals surface area contributed by atoms with Crippen LogP contribution in [0.25, 0.3) is 11.0 Å². The summed E-state index contributed by atoms with van der Waals surface area (Å²) in [5.74, 6) is 0. The predicted octanol–water partition coefficient (Wildman–Crippen LogP) is 4.56. The number of aromatic nitrogens is 2. The van der Waals surface area contributed by atoms with Crippen molar-refractivity contribution in [3.05, 3.63) is 58.5 Å². The number of rotatable bonds is 5. The molecule has 1 aliphatic rings. The molecule has 1 aliphatic heterocycles. The topological polar surface area (TPSA) is 49.2 Å². The largest absolute Gasteiger partial charge is 0.388 e. The lowest BCUT2D eigenvalue weighted by Crippen LogP contribution is -2.35. The van der Waals surface area contributed by atoms with Crippen molar-refractivity contribution in [2.75, 3.05) is 6.54 Å². The lowest BCUT2D eigenvalue weighted by molar-refractivity contribution is 0.0988. The van der Waals surface area contributed by atoms with E-state index in [2.05, 4.69) is 9.88 Å². The van der Waals surface area contributed by atoms with E-state index < -0.39 is 0 Å². The zero-order valence-corrected chi connectivity index (χ0v) is 15.7. The number of benzene rings is 1. The predicted molar refractivity (Wildman–Crippen MR) is 106 cm³/mol. The van der Waals surface area contributed by atoms with Crippen molar-refractivity contribution >= 4 is 22.4 Å². The van der Waals surface area contributed by atoms with Gasteiger partial charge < -0.3 is 5.11 Å². The Bertz CT molecular complexity index is 836. The van der Waals surface area contributed by atoms with Crippen molar-refractivity contribution in [1.29, 1.82) is 0 Å². The number of nitrogens with zero attached hydrogens (tertiary/aromatic N) is 3. The lowest BCUT2D eigenvalue weighted by atomic mass is 10.0. The minimum Gasteiger partial charge on any atom is -0.388 e. The molecule has 1 N–H and O–H groups in total. The second-order valence-corrected chi connectivity index (χ2v) is 8.07. The summed E-state index contributed by atoms with van der Waals surface area (Å²) >= 11 is 1.64. The maximum Gasteiger partial charge on any atom is 0.0896 e. The number of aliphatic hydroxyl groups is 1. The van der Waals surface area contributed by atoms with Crippen molar-refractivity contribution in [1.82, 2.24) is 14.9 Å². The first kappa shape index (κ1) is 17.6. The molecule has 0 amide bonds. The second kappa shape index (κ2) is 8.25. The second-order valence-electron chi connectivity index (χ2n) is 7.09. The molecule has 4 rings (SSSR count). The minimum atomic E-state index is -0.372. The van der Waals surface area contributed by atoms with Crippen LogP contribution < -0.4 is 0 Å². The van der Waals surface area contributed by atoms with Gasteiger partial charge in [-0.1, -0.05) is 31.0 Å². The molecular weight excluding hydrogens is 342 g/mol. The number of fused-ring (bicyclic) bond motifs is 1. The van der Waals surface area contributed by atoms with Crippen LogP contribution in [0.15, 0.2) is 48.0 Å². The first-order valence-corrected chi connectivity index (χ1v) is 10.3. The van der Waals surface area contributed by atoms with Crippen LogP contribution in [-0.4, -0.2) is 32.6 Å². The van der Waals surface area contributed by atoms with Crippen molar-refractivity contribution in [3.8, 4) is 0 Å². The Kier molecular flexibility index (Phi) is 5.58. The van der Waals surface area contributed by atoms with Crippen LogP contribution in [0, 0.1) is 0 Å². The Morgan fingerprint density at radius 2 is 2.00 bits per heavy atom. The van der Waals surface area contributed by atoms with Gasteiger partial charge in [-0.05, 0) is 49.4 Å². The van der Waals surface area contributed by atoms with Crippen LogP contribution in [-0.2, 0) is 6.54 Å². The zero-order chi connectivity index (χ0) is 17.8. The molecule has 3 heterocycles. The summed E-state index contributed by atoms with van der Waals surface area (Å²) in [6.45, 7) is 1.87. The summed E-state index contributed by atoms with van der Waals surface area (Å²) in [7, 11) is 0. The highest BCUT2D eigenvalue weighted by Gasteiger charge is 2.25. The van der Waals surface area contributed by atoms with Crippen molar-refractivity contribution in [3.63, 3.8) is 0 Å². The standard InChI is InChI=1S/C21H25N3OS/c25-20(21-10-6-12-26-21)13-17-7-2-1-5-11-24(17)15-16-14-22-18-8-3-4-9-19(18)23-16/h3-4,6,8-10,12,14,17,20,25H,1-2,5,7,11,13,15H2. The Labute approximate surface area is 158 Å². The highest BCUT2D eigenvalue weighted by Crippen LogP contribution is 2.29. The summed E-state index contributed by atoms with van der Waals surface area (Å²) in [6, 6.07) is 12.5. The molecule has 0 spiro atoms. The first-order valence-electron chi connectivity index (χ1n) is 9.46. The maximum atomic E-state index is 10.6. The van der Waals surface area contributed by atoms with Crippen LogP contribution >= 0.6 is 11.3 Å². The highest BCUT2D eigenvalue weighted by atomic mass is 32.1. The quantitative estimate of drug-likeness (QED) is 0.718. The van der Waals surface area contributed by atoms with E-state index in [0.717, 1.165) is 47.5 Å². The van der Waals surface area contributed by atoms with Gasteiger partial charge in [-0.25, -0.2) is 4.98 Å². The Hall–Kier alpha value is -1.82. The fourth-order valence-corrected chi connectivity index (χ4v) is 4.57. The number of hydrogen-bond acceptors (Lipinski definition) is 5. The van der Waals surface area contributed by atoms with Gasteiger partial charge in [0.05, 0.1) is 29.0 Å². The van der Waals surface area contributed by atoms with Crippen molar-refractivity contribution < 1.29 is 5.11 Å². The average Bonchev–Trinajstić information content (AvgIpc) is 3.12. The fraction of sp³-hybridized carbons (Fsp3) is 0.429. The van der Waals surface area contributed by atoms with Crippen LogP contribution in [0.1, 0.15) is 48.8 Å². The molecule has 26 heavy (non-hydrogen) atoms. The third kappa shape index (κ3) is 4.11. The molecule has 0 saturated carbocycles.